The Morgan fingerprint density at radius 2 is 0.548 bits per heavy atom. The van der Waals surface area contributed by atoms with Crippen molar-refractivity contribution in [1.29, 1.82) is 0 Å². The lowest BCUT2D eigenvalue weighted by Crippen LogP contribution is -2.30. The van der Waals surface area contributed by atoms with Gasteiger partial charge in [-0.1, -0.05) is 273 Å². The van der Waals surface area contributed by atoms with Crippen molar-refractivity contribution in [2.75, 3.05) is 39.6 Å². The van der Waals surface area contributed by atoms with Crippen molar-refractivity contribution in [3.8, 4) is 0 Å². The summed E-state index contributed by atoms with van der Waals surface area (Å²) in [6.45, 7) is 9.40. The molecule has 498 valence electrons. The van der Waals surface area contributed by atoms with Crippen LogP contribution < -0.4 is 0 Å². The van der Waals surface area contributed by atoms with Gasteiger partial charge in [0.15, 0.2) is 12.2 Å². The van der Waals surface area contributed by atoms with Crippen molar-refractivity contribution in [2.45, 2.75) is 342 Å². The molecule has 0 aliphatic carbocycles. The highest BCUT2D eigenvalue weighted by atomic mass is 31.2. The maximum absolute atomic E-state index is 13.0. The predicted molar refractivity (Wildman–Crippen MR) is 335 cm³/mol. The number of carbonyl (C=O) groups is 4. The van der Waals surface area contributed by atoms with Gasteiger partial charge in [-0.2, -0.15) is 0 Å². The number of esters is 4. The van der Waals surface area contributed by atoms with E-state index >= 15 is 0 Å². The smallest absolute Gasteiger partial charge is 0.462 e. The van der Waals surface area contributed by atoms with Crippen LogP contribution in [-0.2, 0) is 65.4 Å². The minimum absolute atomic E-state index is 0.106. The Bertz CT molecular complexity index is 1650. The molecule has 0 aromatic carbocycles. The first-order valence-corrected chi connectivity index (χ1v) is 37.0. The first kappa shape index (κ1) is 82.1. The van der Waals surface area contributed by atoms with Crippen LogP contribution in [0.2, 0.25) is 0 Å². The van der Waals surface area contributed by atoms with Gasteiger partial charge in [0, 0.05) is 25.7 Å². The van der Waals surface area contributed by atoms with Crippen LogP contribution in [-0.4, -0.2) is 96.7 Å². The monoisotopic (exact) mass is 1240 g/mol. The molecule has 0 radical (unpaired) electrons. The van der Waals surface area contributed by atoms with Crippen molar-refractivity contribution in [1.82, 2.24) is 0 Å². The average Bonchev–Trinajstić information content (AvgIpc) is 3.65. The van der Waals surface area contributed by atoms with E-state index in [4.69, 9.17) is 37.0 Å². The van der Waals surface area contributed by atoms with E-state index in [1.165, 1.54) is 135 Å². The molecule has 17 nitrogen and oxygen atoms in total. The molecule has 0 aliphatic rings. The van der Waals surface area contributed by atoms with E-state index in [2.05, 4.69) is 41.5 Å². The van der Waals surface area contributed by atoms with Crippen LogP contribution in [0.1, 0.15) is 324 Å². The zero-order valence-electron chi connectivity index (χ0n) is 54.2. The van der Waals surface area contributed by atoms with E-state index in [-0.39, 0.29) is 25.7 Å². The summed E-state index contributed by atoms with van der Waals surface area (Å²) in [4.78, 5) is 72.0. The lowest BCUT2D eigenvalue weighted by Gasteiger charge is -2.21. The molecule has 0 fully saturated rings. The molecule has 0 spiro atoms. The molecule has 2 unspecified atom stereocenters. The van der Waals surface area contributed by atoms with Gasteiger partial charge in [0.1, 0.15) is 19.3 Å². The van der Waals surface area contributed by atoms with Gasteiger partial charge in [0.25, 0.3) is 0 Å². The number of phosphoric acid groups is 2. The lowest BCUT2D eigenvalue weighted by atomic mass is 10.0. The molecule has 0 heterocycles. The molecule has 0 saturated carbocycles. The van der Waals surface area contributed by atoms with Crippen LogP contribution in [0.4, 0.5) is 0 Å². The normalized spacial score (nSPS) is 14.3. The molecule has 0 bridgehead atoms. The summed E-state index contributed by atoms with van der Waals surface area (Å²) in [5.41, 5.74) is 0. The number of carbonyl (C=O) groups excluding carboxylic acids is 4. The third-order valence-corrected chi connectivity index (χ3v) is 16.9. The molecule has 3 N–H and O–H groups in total. The molecule has 0 aromatic heterocycles. The first-order valence-electron chi connectivity index (χ1n) is 34.0. The third kappa shape index (κ3) is 59.0. The van der Waals surface area contributed by atoms with E-state index in [0.29, 0.717) is 25.7 Å². The van der Waals surface area contributed by atoms with E-state index in [1.54, 1.807) is 0 Å². The van der Waals surface area contributed by atoms with Crippen molar-refractivity contribution in [3.63, 3.8) is 0 Å². The lowest BCUT2D eigenvalue weighted by molar-refractivity contribution is -0.161. The summed E-state index contributed by atoms with van der Waals surface area (Å²) in [6, 6.07) is 0. The van der Waals surface area contributed by atoms with E-state index in [1.807, 2.05) is 0 Å². The molecule has 0 rings (SSSR count). The van der Waals surface area contributed by atoms with E-state index in [9.17, 15) is 43.2 Å². The molecule has 0 saturated heterocycles. The maximum Gasteiger partial charge on any atom is 0.472 e. The number of phosphoric ester groups is 2. The number of ether oxygens (including phenoxy) is 4. The molecule has 84 heavy (non-hydrogen) atoms. The Hall–Kier alpha value is -1.94. The topological polar surface area (TPSA) is 237 Å². The number of hydrogen-bond acceptors (Lipinski definition) is 15. The van der Waals surface area contributed by atoms with Crippen LogP contribution >= 0.6 is 15.6 Å². The highest BCUT2D eigenvalue weighted by Gasteiger charge is 2.30. The van der Waals surface area contributed by atoms with E-state index in [0.717, 1.165) is 108 Å². The highest BCUT2D eigenvalue weighted by Crippen LogP contribution is 2.45. The molecule has 0 aromatic rings. The molecular formula is C65H126O17P2. The van der Waals surface area contributed by atoms with Gasteiger partial charge in [0.05, 0.1) is 26.4 Å². The largest absolute Gasteiger partial charge is 0.472 e. The van der Waals surface area contributed by atoms with Gasteiger partial charge >= 0.3 is 39.5 Å². The zero-order valence-corrected chi connectivity index (χ0v) is 56.0. The number of aliphatic hydroxyl groups is 1. The van der Waals surface area contributed by atoms with E-state index < -0.39 is 97.5 Å². The van der Waals surface area contributed by atoms with Gasteiger partial charge in [-0.3, -0.25) is 37.3 Å². The van der Waals surface area contributed by atoms with Crippen molar-refractivity contribution in [3.05, 3.63) is 0 Å². The minimum atomic E-state index is -4.94. The average molecular weight is 1240 g/mol. The second-order valence-electron chi connectivity index (χ2n) is 24.5. The van der Waals surface area contributed by atoms with Crippen LogP contribution in [0.25, 0.3) is 0 Å². The van der Waals surface area contributed by atoms with Gasteiger partial charge in [-0.05, 0) is 37.5 Å². The van der Waals surface area contributed by atoms with Crippen LogP contribution in [0, 0.1) is 11.8 Å². The third-order valence-electron chi connectivity index (χ3n) is 15.0. The number of aliphatic hydroxyl groups excluding tert-OH is 1. The molecule has 0 amide bonds. The van der Waals surface area contributed by atoms with Crippen LogP contribution in [0.5, 0.6) is 0 Å². The quantitative estimate of drug-likeness (QED) is 0.0222. The number of hydrogen-bond donors (Lipinski definition) is 3. The van der Waals surface area contributed by atoms with Gasteiger partial charge in [-0.25, -0.2) is 9.13 Å². The number of unbranched alkanes of at least 4 members (excludes halogenated alkanes) is 34. The maximum atomic E-state index is 13.0. The summed E-state index contributed by atoms with van der Waals surface area (Å²) < 4.78 is 67.8. The Kier molecular flexibility index (Phi) is 56.2. The highest BCUT2D eigenvalue weighted by molar-refractivity contribution is 7.47. The summed E-state index contributed by atoms with van der Waals surface area (Å²) in [5, 5.41) is 10.5. The van der Waals surface area contributed by atoms with Crippen molar-refractivity contribution >= 4 is 39.5 Å². The Morgan fingerprint density at radius 3 is 0.810 bits per heavy atom. The fraction of sp³-hybridized carbons (Fsp3) is 0.938. The SMILES string of the molecule is CCCCCCCCCCCCCC(=O)O[C@H](COC(=O)CCCCCCC)COP(=O)(O)OC[C@H](O)COP(=O)(O)OC[C@@H](COC(=O)CCCCCCCCCCC(C)C)OC(=O)CCCCCCCCCCCCCCCCC(C)C. The zero-order chi connectivity index (χ0) is 62.2. The van der Waals surface area contributed by atoms with Crippen molar-refractivity contribution < 1.29 is 80.2 Å². The van der Waals surface area contributed by atoms with Crippen LogP contribution in [0.15, 0.2) is 0 Å². The van der Waals surface area contributed by atoms with Crippen molar-refractivity contribution in [2.24, 2.45) is 11.8 Å². The van der Waals surface area contributed by atoms with Crippen LogP contribution in [0.3, 0.4) is 0 Å². The summed E-state index contributed by atoms with van der Waals surface area (Å²) >= 11 is 0. The minimum Gasteiger partial charge on any atom is -0.462 e. The molecular weight excluding hydrogens is 1110 g/mol. The predicted octanol–water partition coefficient (Wildman–Crippen LogP) is 18.0. The summed E-state index contributed by atoms with van der Waals surface area (Å²) in [6.07, 6.45) is 40.7. The molecule has 0 aliphatic heterocycles. The standard InChI is InChI=1S/C65H126O17P2/c1-7-9-11-13-14-15-20-24-31-37-43-49-64(69)81-60(53-75-62(67)47-41-33-12-10-8-2)55-79-83(71,72)77-51-59(66)52-78-84(73,74)80-56-61(54-76-63(68)48-42-36-30-27-26-29-35-40-46-58(5)6)82-65(70)50-44-38-32-25-22-19-17-16-18-21-23-28-34-39-45-57(3)4/h57-61,66H,7-56H2,1-6H3,(H,71,72)(H,73,74)/t59-,60+,61+/m0/s1. The molecule has 19 heteroatoms. The number of rotatable bonds is 64. The fourth-order valence-corrected chi connectivity index (χ4v) is 11.3. The summed E-state index contributed by atoms with van der Waals surface area (Å²) in [5.74, 6) is -0.621. The summed E-state index contributed by atoms with van der Waals surface area (Å²) in [7, 11) is -9.88. The first-order chi connectivity index (χ1) is 40.4. The fourth-order valence-electron chi connectivity index (χ4n) is 9.71. The van der Waals surface area contributed by atoms with Gasteiger partial charge in [-0.15, -0.1) is 0 Å². The second kappa shape index (κ2) is 57.5. The Balaban J connectivity index is 5.15. The second-order valence-corrected chi connectivity index (χ2v) is 27.4. The Morgan fingerprint density at radius 1 is 0.321 bits per heavy atom. The Labute approximate surface area is 511 Å². The van der Waals surface area contributed by atoms with Gasteiger partial charge in [0.2, 0.25) is 0 Å². The molecule has 5 atom stereocenters. The van der Waals surface area contributed by atoms with Gasteiger partial charge < -0.3 is 33.8 Å².